The Kier molecular flexibility index (Phi) is 6.59. The summed E-state index contributed by atoms with van der Waals surface area (Å²) in [5, 5.41) is 17.4. The lowest BCUT2D eigenvalue weighted by atomic mass is 10.0. The topological polar surface area (TPSA) is 79.3 Å². The number of ether oxygens (including phenoxy) is 1. The molecule has 0 amide bonds. The summed E-state index contributed by atoms with van der Waals surface area (Å²) in [7, 11) is 0. The monoisotopic (exact) mass is 438 g/mol. The molecule has 0 radical (unpaired) electrons. The van der Waals surface area contributed by atoms with Crippen LogP contribution in [0.4, 0.5) is 11.6 Å². The van der Waals surface area contributed by atoms with E-state index in [0.29, 0.717) is 17.5 Å². The number of hydrogen-bond donors (Lipinski definition) is 3. The average molecular weight is 439 g/mol. The Balaban J connectivity index is 1.59. The summed E-state index contributed by atoms with van der Waals surface area (Å²) < 4.78 is 5.94. The molecule has 3 N–H and O–H groups in total. The van der Waals surface area contributed by atoms with Crippen LogP contribution in [0.2, 0.25) is 5.02 Å². The van der Waals surface area contributed by atoms with Crippen LogP contribution in [0.3, 0.4) is 0 Å². The van der Waals surface area contributed by atoms with Crippen LogP contribution in [0.25, 0.3) is 11.4 Å². The van der Waals surface area contributed by atoms with Gasteiger partial charge in [-0.15, -0.1) is 0 Å². The Hall–Kier alpha value is -2.83. The van der Waals surface area contributed by atoms with Gasteiger partial charge in [-0.25, -0.2) is 9.97 Å². The normalized spacial score (nSPS) is 16.0. The van der Waals surface area contributed by atoms with Crippen LogP contribution in [0.1, 0.15) is 19.4 Å². The highest BCUT2D eigenvalue weighted by atomic mass is 35.5. The van der Waals surface area contributed by atoms with Crippen molar-refractivity contribution in [3.8, 4) is 17.1 Å². The van der Waals surface area contributed by atoms with Crippen LogP contribution in [-0.2, 0) is 6.42 Å². The van der Waals surface area contributed by atoms with Gasteiger partial charge in [-0.1, -0.05) is 61.8 Å². The van der Waals surface area contributed by atoms with Crippen molar-refractivity contribution in [2.75, 3.05) is 23.8 Å². The summed E-state index contributed by atoms with van der Waals surface area (Å²) >= 11 is 6.05. The van der Waals surface area contributed by atoms with Crippen LogP contribution in [0.5, 0.6) is 5.75 Å². The van der Waals surface area contributed by atoms with Crippen molar-refractivity contribution in [3.05, 3.63) is 65.2 Å². The van der Waals surface area contributed by atoms with Gasteiger partial charge in [-0.2, -0.15) is 0 Å². The van der Waals surface area contributed by atoms with Gasteiger partial charge in [0.2, 0.25) is 0 Å². The Morgan fingerprint density at radius 2 is 1.97 bits per heavy atom. The first-order chi connectivity index (χ1) is 15.0. The van der Waals surface area contributed by atoms with Gasteiger partial charge in [0.25, 0.3) is 0 Å². The van der Waals surface area contributed by atoms with E-state index < -0.39 is 0 Å². The Morgan fingerprint density at radius 3 is 2.68 bits per heavy atom. The maximum atomic E-state index is 9.82. The lowest BCUT2D eigenvalue weighted by molar-refractivity contribution is 0.249. The van der Waals surface area contributed by atoms with E-state index in [9.17, 15) is 5.11 Å². The zero-order chi connectivity index (χ0) is 21.8. The molecular formula is C24H27ClN4O2. The molecule has 0 aliphatic carbocycles. The van der Waals surface area contributed by atoms with Gasteiger partial charge in [0.15, 0.2) is 5.82 Å². The van der Waals surface area contributed by atoms with Crippen molar-refractivity contribution in [1.82, 2.24) is 9.97 Å². The minimum atomic E-state index is -0.0932. The van der Waals surface area contributed by atoms with E-state index in [-0.39, 0.29) is 24.6 Å². The summed E-state index contributed by atoms with van der Waals surface area (Å²) in [6, 6.07) is 17.2. The molecule has 0 spiro atoms. The van der Waals surface area contributed by atoms with Crippen molar-refractivity contribution < 1.29 is 9.84 Å². The smallest absolute Gasteiger partial charge is 0.163 e. The number of rotatable bonds is 8. The third-order valence-electron chi connectivity index (χ3n) is 5.40. The van der Waals surface area contributed by atoms with Gasteiger partial charge in [0.1, 0.15) is 24.0 Å². The zero-order valence-electron chi connectivity index (χ0n) is 17.7. The van der Waals surface area contributed by atoms with Crippen molar-refractivity contribution >= 4 is 23.2 Å². The Labute approximate surface area is 187 Å². The van der Waals surface area contributed by atoms with E-state index in [2.05, 4.69) is 24.5 Å². The van der Waals surface area contributed by atoms with E-state index in [1.54, 1.807) is 6.07 Å². The molecule has 1 aliphatic heterocycles. The first-order valence-corrected chi connectivity index (χ1v) is 10.9. The highest BCUT2D eigenvalue weighted by Crippen LogP contribution is 2.33. The standard InChI is InChI=1S/C24H27ClN4O2/c1-15(2)21(13-30)27-24-20-12-18(14-31-19-10-6-9-17(25)11-19)26-23(20)28-22(29-24)16-7-4-3-5-8-16/h3-11,15,18,21,30H,12-14H2,1-2H3,(H2,26,27,28,29)/t18?,21-/m1/s1. The molecule has 0 fully saturated rings. The van der Waals surface area contributed by atoms with Gasteiger partial charge in [0, 0.05) is 22.6 Å². The lowest BCUT2D eigenvalue weighted by Crippen LogP contribution is -2.30. The average Bonchev–Trinajstić information content (AvgIpc) is 3.19. The largest absolute Gasteiger partial charge is 0.491 e. The molecule has 0 saturated heterocycles. The van der Waals surface area contributed by atoms with Crippen LogP contribution >= 0.6 is 11.6 Å². The molecule has 4 rings (SSSR count). The second-order valence-corrected chi connectivity index (χ2v) is 8.52. The quantitative estimate of drug-likeness (QED) is 0.475. The molecule has 2 atom stereocenters. The number of fused-ring (bicyclic) bond motifs is 1. The molecule has 2 heterocycles. The fourth-order valence-electron chi connectivity index (χ4n) is 3.58. The molecule has 1 aliphatic rings. The van der Waals surface area contributed by atoms with Gasteiger partial charge < -0.3 is 20.5 Å². The molecule has 7 heteroatoms. The number of nitrogens with zero attached hydrogens (tertiary/aromatic N) is 2. The number of hydrogen-bond acceptors (Lipinski definition) is 6. The minimum Gasteiger partial charge on any atom is -0.491 e. The number of nitrogens with one attached hydrogen (secondary N) is 2. The van der Waals surface area contributed by atoms with Gasteiger partial charge >= 0.3 is 0 Å². The third kappa shape index (κ3) is 5.09. The van der Waals surface area contributed by atoms with Crippen molar-refractivity contribution in [1.29, 1.82) is 0 Å². The minimum absolute atomic E-state index is 0.0336. The summed E-state index contributed by atoms with van der Waals surface area (Å²) in [4.78, 5) is 9.60. The number of aromatic nitrogens is 2. The second-order valence-electron chi connectivity index (χ2n) is 8.08. The van der Waals surface area contributed by atoms with E-state index in [4.69, 9.17) is 26.3 Å². The predicted octanol–water partition coefficient (Wildman–Crippen LogP) is 4.64. The van der Waals surface area contributed by atoms with Crippen molar-refractivity contribution in [2.24, 2.45) is 5.92 Å². The van der Waals surface area contributed by atoms with E-state index in [0.717, 1.165) is 34.9 Å². The number of halogens is 1. The summed E-state index contributed by atoms with van der Waals surface area (Å²) in [5.41, 5.74) is 1.96. The number of anilines is 2. The zero-order valence-corrected chi connectivity index (χ0v) is 18.4. The number of aliphatic hydroxyl groups excluding tert-OH is 1. The van der Waals surface area contributed by atoms with Crippen LogP contribution in [0, 0.1) is 5.92 Å². The molecule has 3 aromatic rings. The molecule has 0 saturated carbocycles. The van der Waals surface area contributed by atoms with Gasteiger partial charge in [0.05, 0.1) is 18.7 Å². The van der Waals surface area contributed by atoms with Crippen molar-refractivity contribution in [2.45, 2.75) is 32.4 Å². The fraction of sp³-hybridized carbons (Fsp3) is 0.333. The Morgan fingerprint density at radius 1 is 1.16 bits per heavy atom. The first kappa shape index (κ1) is 21.4. The Bertz CT molecular complexity index is 1030. The summed E-state index contributed by atoms with van der Waals surface area (Å²) in [6.07, 6.45) is 0.726. The molecule has 31 heavy (non-hydrogen) atoms. The van der Waals surface area contributed by atoms with Crippen LogP contribution in [0.15, 0.2) is 54.6 Å². The molecule has 1 unspecified atom stereocenters. The van der Waals surface area contributed by atoms with Crippen LogP contribution in [-0.4, -0.2) is 40.4 Å². The third-order valence-corrected chi connectivity index (χ3v) is 5.64. The molecule has 2 aromatic carbocycles. The second kappa shape index (κ2) is 9.54. The first-order valence-electron chi connectivity index (χ1n) is 10.5. The molecule has 6 nitrogen and oxygen atoms in total. The molecule has 0 bridgehead atoms. The maximum Gasteiger partial charge on any atom is 0.163 e. The predicted molar refractivity (Wildman–Crippen MR) is 125 cm³/mol. The SMILES string of the molecule is CC(C)[C@@H](CO)Nc1nc(-c2ccccc2)nc2c1CC(COc1cccc(Cl)c1)N2. The highest BCUT2D eigenvalue weighted by Gasteiger charge is 2.28. The lowest BCUT2D eigenvalue weighted by Gasteiger charge is -2.22. The maximum absolute atomic E-state index is 9.82. The van der Waals surface area contributed by atoms with Crippen molar-refractivity contribution in [3.63, 3.8) is 0 Å². The summed E-state index contributed by atoms with van der Waals surface area (Å²) in [5.74, 6) is 3.20. The van der Waals surface area contributed by atoms with E-state index in [1.165, 1.54) is 0 Å². The number of benzene rings is 2. The fourth-order valence-corrected chi connectivity index (χ4v) is 3.76. The molecule has 162 valence electrons. The van der Waals surface area contributed by atoms with Crippen LogP contribution < -0.4 is 15.4 Å². The van der Waals surface area contributed by atoms with E-state index >= 15 is 0 Å². The van der Waals surface area contributed by atoms with E-state index in [1.807, 2.05) is 48.5 Å². The molecular weight excluding hydrogens is 412 g/mol. The van der Waals surface area contributed by atoms with Gasteiger partial charge in [-0.3, -0.25) is 0 Å². The number of aliphatic hydroxyl groups is 1. The molecule has 1 aromatic heterocycles. The highest BCUT2D eigenvalue weighted by molar-refractivity contribution is 6.30. The summed E-state index contributed by atoms with van der Waals surface area (Å²) in [6.45, 7) is 4.66. The van der Waals surface area contributed by atoms with Gasteiger partial charge in [-0.05, 0) is 24.1 Å².